The van der Waals surface area contributed by atoms with Gasteiger partial charge >= 0.3 is 0 Å². The Morgan fingerprint density at radius 3 is 3.00 bits per heavy atom. The summed E-state index contributed by atoms with van der Waals surface area (Å²) in [6.45, 7) is 3.73. The van der Waals surface area contributed by atoms with Crippen LogP contribution in [0.4, 0.5) is 0 Å². The highest BCUT2D eigenvalue weighted by Crippen LogP contribution is 2.36. The predicted octanol–water partition coefficient (Wildman–Crippen LogP) is 3.00. The summed E-state index contributed by atoms with van der Waals surface area (Å²) in [5.41, 5.74) is 3.21. The minimum Gasteiger partial charge on any atom is -0.319 e. The van der Waals surface area contributed by atoms with E-state index in [-0.39, 0.29) is 0 Å². The topological polar surface area (TPSA) is 15.3 Å². The van der Waals surface area contributed by atoms with Gasteiger partial charge in [-0.2, -0.15) is 0 Å². The van der Waals surface area contributed by atoms with Gasteiger partial charge < -0.3 is 5.32 Å². The van der Waals surface area contributed by atoms with Crippen LogP contribution in [0.15, 0.2) is 24.3 Å². The van der Waals surface area contributed by atoms with Gasteiger partial charge in [-0.3, -0.25) is 4.90 Å². The van der Waals surface area contributed by atoms with E-state index in [4.69, 9.17) is 0 Å². The molecule has 0 saturated carbocycles. The summed E-state index contributed by atoms with van der Waals surface area (Å²) in [5, 5.41) is 3.34. The summed E-state index contributed by atoms with van der Waals surface area (Å²) < 4.78 is 0. The highest BCUT2D eigenvalue weighted by Gasteiger charge is 2.30. The fraction of sp³-hybridized carbons (Fsp3) is 0.647. The van der Waals surface area contributed by atoms with Crippen LogP contribution in [0.2, 0.25) is 0 Å². The third-order valence-electron chi connectivity index (χ3n) is 4.84. The molecule has 2 aliphatic rings. The summed E-state index contributed by atoms with van der Waals surface area (Å²) in [5.74, 6) is 0.848. The van der Waals surface area contributed by atoms with E-state index in [9.17, 15) is 0 Å². The first-order valence-corrected chi connectivity index (χ1v) is 7.85. The van der Waals surface area contributed by atoms with E-state index in [0.717, 1.165) is 5.92 Å². The zero-order valence-electron chi connectivity index (χ0n) is 12.1. The molecule has 2 nitrogen and oxygen atoms in total. The molecule has 1 fully saturated rings. The van der Waals surface area contributed by atoms with E-state index in [2.05, 4.69) is 41.5 Å². The second kappa shape index (κ2) is 6.06. The number of nitrogens with one attached hydrogen (secondary N) is 1. The van der Waals surface area contributed by atoms with Gasteiger partial charge in [-0.1, -0.05) is 30.7 Å². The van der Waals surface area contributed by atoms with Crippen molar-refractivity contribution in [2.45, 2.75) is 38.1 Å². The Balaban J connectivity index is 1.77. The van der Waals surface area contributed by atoms with Crippen molar-refractivity contribution in [3.05, 3.63) is 35.4 Å². The number of nitrogens with zero attached hydrogens (tertiary/aromatic N) is 1. The van der Waals surface area contributed by atoms with Crippen LogP contribution in [-0.4, -0.2) is 31.6 Å². The van der Waals surface area contributed by atoms with Gasteiger partial charge in [0.05, 0.1) is 0 Å². The highest BCUT2D eigenvalue weighted by atomic mass is 15.2. The molecule has 2 unspecified atom stereocenters. The Hall–Kier alpha value is -0.860. The van der Waals surface area contributed by atoms with Crippen LogP contribution < -0.4 is 5.32 Å². The second-order valence-corrected chi connectivity index (χ2v) is 6.17. The van der Waals surface area contributed by atoms with Crippen molar-refractivity contribution in [2.75, 3.05) is 26.7 Å². The molecule has 1 N–H and O–H groups in total. The maximum absolute atomic E-state index is 3.34. The zero-order valence-corrected chi connectivity index (χ0v) is 12.1. The van der Waals surface area contributed by atoms with Gasteiger partial charge in [0.1, 0.15) is 0 Å². The minimum absolute atomic E-state index is 0.681. The molecule has 0 spiro atoms. The van der Waals surface area contributed by atoms with Crippen molar-refractivity contribution in [3.63, 3.8) is 0 Å². The Labute approximate surface area is 117 Å². The average molecular weight is 258 g/mol. The smallest absolute Gasteiger partial charge is 0.0350 e. The predicted molar refractivity (Wildman–Crippen MR) is 80.3 cm³/mol. The van der Waals surface area contributed by atoms with Crippen LogP contribution in [0, 0.1) is 5.92 Å². The molecule has 3 rings (SSSR count). The lowest BCUT2D eigenvalue weighted by molar-refractivity contribution is 0.223. The van der Waals surface area contributed by atoms with Gasteiger partial charge in [0.25, 0.3) is 0 Å². The van der Waals surface area contributed by atoms with Crippen molar-refractivity contribution >= 4 is 0 Å². The molecular weight excluding hydrogens is 232 g/mol. The van der Waals surface area contributed by atoms with E-state index in [1.807, 2.05) is 0 Å². The highest BCUT2D eigenvalue weighted by molar-refractivity contribution is 5.31. The fourth-order valence-corrected chi connectivity index (χ4v) is 3.88. The molecule has 19 heavy (non-hydrogen) atoms. The van der Waals surface area contributed by atoms with E-state index >= 15 is 0 Å². The Morgan fingerprint density at radius 2 is 2.11 bits per heavy atom. The molecule has 1 saturated heterocycles. The molecule has 1 aromatic carbocycles. The van der Waals surface area contributed by atoms with Crippen molar-refractivity contribution in [1.82, 2.24) is 10.2 Å². The van der Waals surface area contributed by atoms with Crippen LogP contribution in [0.5, 0.6) is 0 Å². The molecule has 0 bridgehead atoms. The normalized spacial score (nSPS) is 28.1. The van der Waals surface area contributed by atoms with Gasteiger partial charge in [-0.25, -0.2) is 0 Å². The number of hydrogen-bond donors (Lipinski definition) is 1. The van der Waals surface area contributed by atoms with Crippen LogP contribution >= 0.6 is 0 Å². The van der Waals surface area contributed by atoms with Gasteiger partial charge in [0.15, 0.2) is 0 Å². The third-order valence-corrected chi connectivity index (χ3v) is 4.84. The minimum atomic E-state index is 0.681. The number of fused-ring (bicyclic) bond motifs is 1. The number of aryl methyl sites for hydroxylation is 1. The first kappa shape index (κ1) is 13.1. The van der Waals surface area contributed by atoms with Crippen molar-refractivity contribution in [1.29, 1.82) is 0 Å². The fourth-order valence-electron chi connectivity index (χ4n) is 3.88. The van der Waals surface area contributed by atoms with Crippen molar-refractivity contribution in [3.8, 4) is 0 Å². The quantitative estimate of drug-likeness (QED) is 0.839. The van der Waals surface area contributed by atoms with Gasteiger partial charge in [0.2, 0.25) is 0 Å². The standard InChI is InChI=1S/C17H26N2/c1-18-12-14-10-11-19(13-14)17-9-5-3-7-15-6-2-4-8-16(15)17/h2,4,6,8,14,17-18H,3,5,7,9-13H2,1H3. The lowest BCUT2D eigenvalue weighted by atomic mass is 9.98. The zero-order chi connectivity index (χ0) is 13.1. The lowest BCUT2D eigenvalue weighted by Crippen LogP contribution is -2.28. The first-order valence-electron chi connectivity index (χ1n) is 7.85. The van der Waals surface area contributed by atoms with Crippen LogP contribution in [0.1, 0.15) is 42.9 Å². The summed E-state index contributed by atoms with van der Waals surface area (Å²) >= 11 is 0. The number of benzene rings is 1. The van der Waals surface area contributed by atoms with Crippen LogP contribution in [0.3, 0.4) is 0 Å². The van der Waals surface area contributed by atoms with Crippen LogP contribution in [-0.2, 0) is 6.42 Å². The van der Waals surface area contributed by atoms with E-state index in [1.54, 1.807) is 11.1 Å². The molecule has 1 aliphatic heterocycles. The summed E-state index contributed by atoms with van der Waals surface area (Å²) in [6.07, 6.45) is 6.73. The molecule has 0 amide bonds. The monoisotopic (exact) mass is 258 g/mol. The molecule has 104 valence electrons. The SMILES string of the molecule is CNCC1CCN(C2CCCCc3ccccc32)C1. The molecule has 1 heterocycles. The second-order valence-electron chi connectivity index (χ2n) is 6.17. The molecule has 0 aromatic heterocycles. The Bertz CT molecular complexity index is 415. The van der Waals surface area contributed by atoms with Crippen molar-refractivity contribution in [2.24, 2.45) is 5.92 Å². The Morgan fingerprint density at radius 1 is 1.21 bits per heavy atom. The van der Waals surface area contributed by atoms with E-state index < -0.39 is 0 Å². The molecule has 1 aliphatic carbocycles. The third kappa shape index (κ3) is 2.85. The molecular formula is C17H26N2. The summed E-state index contributed by atoms with van der Waals surface area (Å²) in [7, 11) is 2.07. The maximum Gasteiger partial charge on any atom is 0.0350 e. The number of likely N-dealkylation sites (tertiary alicyclic amines) is 1. The van der Waals surface area contributed by atoms with Crippen LogP contribution in [0.25, 0.3) is 0 Å². The van der Waals surface area contributed by atoms with Crippen molar-refractivity contribution < 1.29 is 0 Å². The molecule has 0 radical (unpaired) electrons. The maximum atomic E-state index is 3.34. The van der Waals surface area contributed by atoms with Gasteiger partial charge in [0, 0.05) is 12.6 Å². The van der Waals surface area contributed by atoms with Gasteiger partial charge in [-0.15, -0.1) is 0 Å². The number of hydrogen-bond acceptors (Lipinski definition) is 2. The Kier molecular flexibility index (Phi) is 4.19. The average Bonchev–Trinajstić information content (AvgIpc) is 2.78. The molecule has 2 heteroatoms. The number of rotatable bonds is 3. The van der Waals surface area contributed by atoms with Gasteiger partial charge in [-0.05, 0) is 62.9 Å². The largest absolute Gasteiger partial charge is 0.319 e. The van der Waals surface area contributed by atoms with E-state index in [0.29, 0.717) is 6.04 Å². The molecule has 2 atom stereocenters. The summed E-state index contributed by atoms with van der Waals surface area (Å²) in [6, 6.07) is 9.82. The first-order chi connectivity index (χ1) is 9.38. The summed E-state index contributed by atoms with van der Waals surface area (Å²) in [4.78, 5) is 2.74. The van der Waals surface area contributed by atoms with E-state index in [1.165, 1.54) is 51.7 Å². The lowest BCUT2D eigenvalue weighted by Gasteiger charge is -2.28. The molecule has 1 aromatic rings.